The van der Waals surface area contributed by atoms with E-state index in [0.29, 0.717) is 17.5 Å². The van der Waals surface area contributed by atoms with Gasteiger partial charge in [-0.15, -0.1) is 0 Å². The van der Waals surface area contributed by atoms with E-state index in [1.807, 2.05) is 30.3 Å². The van der Waals surface area contributed by atoms with Crippen LogP contribution in [0.2, 0.25) is 0 Å². The molecule has 0 N–H and O–H groups in total. The monoisotopic (exact) mass is 627 g/mol. The number of para-hydroxylation sites is 1. The molecule has 2 heterocycles. The number of furan rings is 1. The predicted molar refractivity (Wildman–Crippen MR) is 200 cm³/mol. The molecule has 0 spiro atoms. The summed E-state index contributed by atoms with van der Waals surface area (Å²) in [4.78, 5) is 15.4. The molecule has 9 aromatic rings. The van der Waals surface area contributed by atoms with E-state index in [9.17, 15) is 0 Å². The molecular weight excluding hydrogens is 599 g/mol. The molecule has 4 nitrogen and oxygen atoms in total. The molecule has 0 saturated heterocycles. The van der Waals surface area contributed by atoms with E-state index in [-0.39, 0.29) is 0 Å². The van der Waals surface area contributed by atoms with Crippen molar-refractivity contribution in [2.45, 2.75) is 12.8 Å². The standard InChI is InChI=1S/C45H29N3O/c1-2-12-29(13-3-1)43-46-44(31-25-26-33-30(27-31)24-23-28-11-4-5-14-32(28)33)48-45(47-43)38-20-9-16-34-35(17-8-18-36(34)38)37-19-10-22-41-42(37)39-15-6-7-21-40(39)49-41/h1-7,9-16,18-27H,8,17H2. The summed E-state index contributed by atoms with van der Waals surface area (Å²) in [6.45, 7) is 0. The van der Waals surface area contributed by atoms with Crippen LogP contribution in [0.3, 0.4) is 0 Å². The minimum atomic E-state index is 0.658. The van der Waals surface area contributed by atoms with Crippen LogP contribution in [0.25, 0.3) is 89.3 Å². The fraction of sp³-hybridized carbons (Fsp3) is 0.0444. The summed E-state index contributed by atoms with van der Waals surface area (Å²) in [5.74, 6) is 1.99. The van der Waals surface area contributed by atoms with Crippen molar-refractivity contribution in [3.05, 3.63) is 162 Å². The fourth-order valence-electron chi connectivity index (χ4n) is 7.54. The van der Waals surface area contributed by atoms with Crippen LogP contribution in [0.1, 0.15) is 18.4 Å². The van der Waals surface area contributed by atoms with Crippen molar-refractivity contribution in [1.82, 2.24) is 15.0 Å². The first kappa shape index (κ1) is 27.7. The molecule has 0 bridgehead atoms. The molecule has 49 heavy (non-hydrogen) atoms. The SMILES string of the molecule is C1=c2c(-c3nc(-c4ccccc4)nc(-c4ccc5c(ccc6ccccc65)c4)n3)cccc2=C(c2cccc3oc4ccccc4c23)CC1. The van der Waals surface area contributed by atoms with E-state index in [4.69, 9.17) is 19.4 Å². The van der Waals surface area contributed by atoms with Gasteiger partial charge in [0.15, 0.2) is 17.5 Å². The molecule has 0 saturated carbocycles. The van der Waals surface area contributed by atoms with Gasteiger partial charge in [-0.05, 0) is 74.2 Å². The largest absolute Gasteiger partial charge is 0.456 e. The lowest BCUT2D eigenvalue weighted by Gasteiger charge is -2.15. The lowest BCUT2D eigenvalue weighted by atomic mass is 9.89. The maximum atomic E-state index is 6.28. The first-order chi connectivity index (χ1) is 24.3. The summed E-state index contributed by atoms with van der Waals surface area (Å²) in [6.07, 6.45) is 4.21. The molecule has 0 aliphatic heterocycles. The van der Waals surface area contributed by atoms with E-state index in [1.54, 1.807) is 0 Å². The summed E-state index contributed by atoms with van der Waals surface area (Å²) in [7, 11) is 0. The number of rotatable bonds is 4. The van der Waals surface area contributed by atoms with Crippen molar-refractivity contribution in [2.24, 2.45) is 0 Å². The van der Waals surface area contributed by atoms with Crippen LogP contribution >= 0.6 is 0 Å². The third-order valence-corrected chi connectivity index (χ3v) is 9.81. The molecule has 10 rings (SSSR count). The second-order valence-electron chi connectivity index (χ2n) is 12.7. The molecule has 0 radical (unpaired) electrons. The van der Waals surface area contributed by atoms with Crippen molar-refractivity contribution in [2.75, 3.05) is 0 Å². The molecule has 0 fully saturated rings. The second kappa shape index (κ2) is 11.1. The first-order valence-electron chi connectivity index (χ1n) is 16.8. The van der Waals surface area contributed by atoms with E-state index < -0.39 is 0 Å². The smallest absolute Gasteiger partial charge is 0.164 e. The molecule has 4 heteroatoms. The zero-order chi connectivity index (χ0) is 32.3. The highest BCUT2D eigenvalue weighted by Crippen LogP contribution is 2.36. The minimum Gasteiger partial charge on any atom is -0.456 e. The fourth-order valence-corrected chi connectivity index (χ4v) is 7.54. The second-order valence-corrected chi connectivity index (χ2v) is 12.7. The van der Waals surface area contributed by atoms with Crippen LogP contribution in [-0.2, 0) is 0 Å². The summed E-state index contributed by atoms with van der Waals surface area (Å²) < 4.78 is 6.28. The minimum absolute atomic E-state index is 0.658. The Morgan fingerprint density at radius 2 is 1.16 bits per heavy atom. The van der Waals surface area contributed by atoms with E-state index in [0.717, 1.165) is 56.7 Å². The maximum absolute atomic E-state index is 6.28. The molecule has 230 valence electrons. The van der Waals surface area contributed by atoms with E-state index >= 15 is 0 Å². The molecular formula is C45H29N3O. The average molecular weight is 628 g/mol. The van der Waals surface area contributed by atoms with Crippen molar-refractivity contribution >= 4 is 55.1 Å². The number of aromatic nitrogens is 3. The highest BCUT2D eigenvalue weighted by molar-refractivity contribution is 6.10. The summed E-state index contributed by atoms with van der Waals surface area (Å²) >= 11 is 0. The van der Waals surface area contributed by atoms with Crippen LogP contribution < -0.4 is 10.4 Å². The molecule has 0 amide bonds. The van der Waals surface area contributed by atoms with Gasteiger partial charge in [-0.1, -0.05) is 133 Å². The molecule has 1 aliphatic carbocycles. The number of hydrogen-bond donors (Lipinski definition) is 0. The number of fused-ring (bicyclic) bond motifs is 7. The zero-order valence-corrected chi connectivity index (χ0v) is 26.6. The lowest BCUT2D eigenvalue weighted by molar-refractivity contribution is 0.669. The van der Waals surface area contributed by atoms with Gasteiger partial charge in [0.2, 0.25) is 0 Å². The van der Waals surface area contributed by atoms with Crippen LogP contribution in [-0.4, -0.2) is 15.0 Å². The number of hydrogen-bond acceptors (Lipinski definition) is 4. The Balaban J connectivity index is 1.20. The topological polar surface area (TPSA) is 51.8 Å². The van der Waals surface area contributed by atoms with E-state index in [2.05, 4.69) is 121 Å². The summed E-state index contributed by atoms with van der Waals surface area (Å²) in [5.41, 5.74) is 7.29. The third-order valence-electron chi connectivity index (χ3n) is 9.81. The summed E-state index contributed by atoms with van der Waals surface area (Å²) in [6, 6.07) is 50.8. The highest BCUT2D eigenvalue weighted by atomic mass is 16.3. The predicted octanol–water partition coefficient (Wildman–Crippen LogP) is 9.85. The Labute approximate surface area is 282 Å². The van der Waals surface area contributed by atoms with Crippen LogP contribution in [0.5, 0.6) is 0 Å². The van der Waals surface area contributed by atoms with Gasteiger partial charge in [-0.3, -0.25) is 0 Å². The van der Waals surface area contributed by atoms with Gasteiger partial charge in [-0.25, -0.2) is 15.0 Å². The highest BCUT2D eigenvalue weighted by Gasteiger charge is 2.19. The van der Waals surface area contributed by atoms with Crippen LogP contribution in [0, 0.1) is 0 Å². The maximum Gasteiger partial charge on any atom is 0.164 e. The van der Waals surface area contributed by atoms with Crippen molar-refractivity contribution < 1.29 is 4.42 Å². The van der Waals surface area contributed by atoms with Crippen LogP contribution in [0.4, 0.5) is 0 Å². The Morgan fingerprint density at radius 1 is 0.469 bits per heavy atom. The zero-order valence-electron chi connectivity index (χ0n) is 26.6. The van der Waals surface area contributed by atoms with Gasteiger partial charge < -0.3 is 4.42 Å². The molecule has 0 unspecified atom stereocenters. The number of benzene rings is 7. The lowest BCUT2D eigenvalue weighted by Crippen LogP contribution is -2.32. The Kier molecular flexibility index (Phi) is 6.28. The molecule has 7 aromatic carbocycles. The molecule has 0 atom stereocenters. The van der Waals surface area contributed by atoms with Gasteiger partial charge in [0.1, 0.15) is 11.2 Å². The Hall–Kier alpha value is -6.39. The summed E-state index contributed by atoms with van der Waals surface area (Å²) in [5, 5.41) is 9.53. The van der Waals surface area contributed by atoms with Gasteiger partial charge in [0.25, 0.3) is 0 Å². The quantitative estimate of drug-likeness (QED) is 0.182. The normalized spacial score (nSPS) is 12.9. The van der Waals surface area contributed by atoms with Crippen molar-refractivity contribution in [3.8, 4) is 34.2 Å². The van der Waals surface area contributed by atoms with Crippen LogP contribution in [0.15, 0.2) is 150 Å². The first-order valence-corrected chi connectivity index (χ1v) is 16.8. The average Bonchev–Trinajstić information content (AvgIpc) is 3.56. The van der Waals surface area contributed by atoms with Gasteiger partial charge >= 0.3 is 0 Å². The third kappa shape index (κ3) is 4.56. The Bertz CT molecular complexity index is 2890. The van der Waals surface area contributed by atoms with Gasteiger partial charge in [0, 0.05) is 27.5 Å². The van der Waals surface area contributed by atoms with Gasteiger partial charge in [-0.2, -0.15) is 0 Å². The molecule has 1 aliphatic rings. The Morgan fingerprint density at radius 3 is 2.08 bits per heavy atom. The van der Waals surface area contributed by atoms with E-state index in [1.165, 1.54) is 37.9 Å². The van der Waals surface area contributed by atoms with Crippen molar-refractivity contribution in [3.63, 3.8) is 0 Å². The van der Waals surface area contributed by atoms with Gasteiger partial charge in [0.05, 0.1) is 0 Å². The molecule has 2 aromatic heterocycles. The number of nitrogens with zero attached hydrogens (tertiary/aromatic N) is 3. The van der Waals surface area contributed by atoms with Crippen molar-refractivity contribution in [1.29, 1.82) is 0 Å².